The summed E-state index contributed by atoms with van der Waals surface area (Å²) >= 11 is 0. The van der Waals surface area contributed by atoms with E-state index in [2.05, 4.69) is 0 Å². The summed E-state index contributed by atoms with van der Waals surface area (Å²) in [6.45, 7) is -0.0639. The number of phenols is 1. The van der Waals surface area contributed by atoms with Crippen molar-refractivity contribution in [2.24, 2.45) is 0 Å². The fourth-order valence-electron chi connectivity index (χ4n) is 2.36. The molecule has 0 atom stereocenters. The Hall–Kier alpha value is -3.05. The van der Waals surface area contributed by atoms with Crippen LogP contribution in [0, 0.1) is 0 Å². The lowest BCUT2D eigenvalue weighted by molar-refractivity contribution is 0.0693. The van der Waals surface area contributed by atoms with Crippen LogP contribution in [0.2, 0.25) is 0 Å². The van der Waals surface area contributed by atoms with Crippen molar-refractivity contribution >= 4 is 16.7 Å². The van der Waals surface area contributed by atoms with Crippen LogP contribution < -0.4 is 4.74 Å². The molecule has 5 heteroatoms. The summed E-state index contributed by atoms with van der Waals surface area (Å²) in [4.78, 5) is 11.3. The molecule has 0 saturated heterocycles. The van der Waals surface area contributed by atoms with Crippen LogP contribution in [0.3, 0.4) is 0 Å². The first-order valence-corrected chi connectivity index (χ1v) is 6.96. The zero-order valence-electron chi connectivity index (χ0n) is 12.1. The van der Waals surface area contributed by atoms with E-state index in [1.807, 2.05) is 0 Å². The summed E-state index contributed by atoms with van der Waals surface area (Å²) < 4.78 is 5.78. The molecule has 0 saturated carbocycles. The average molecular weight is 310 g/mol. The molecule has 3 N–H and O–H groups in total. The highest BCUT2D eigenvalue weighted by Gasteiger charge is 2.17. The van der Waals surface area contributed by atoms with E-state index in [1.54, 1.807) is 48.5 Å². The number of carboxylic acids is 1. The smallest absolute Gasteiger partial charge is 0.339 e. The summed E-state index contributed by atoms with van der Waals surface area (Å²) in [5.74, 6) is -0.660. The fraction of sp³-hybridized carbons (Fsp3) is 0.0556. The quantitative estimate of drug-likeness (QED) is 0.686. The maximum atomic E-state index is 11.3. The molecule has 0 aliphatic rings. The maximum absolute atomic E-state index is 11.3. The largest absolute Gasteiger partial charge is 0.506 e. The van der Waals surface area contributed by atoms with Crippen molar-refractivity contribution < 1.29 is 24.9 Å². The highest BCUT2D eigenvalue weighted by Crippen LogP contribution is 2.38. The van der Waals surface area contributed by atoms with E-state index in [-0.39, 0.29) is 17.9 Å². The van der Waals surface area contributed by atoms with Crippen molar-refractivity contribution in [2.45, 2.75) is 6.61 Å². The van der Waals surface area contributed by atoms with E-state index in [9.17, 15) is 15.0 Å². The molecule has 0 heterocycles. The minimum absolute atomic E-state index is 0.0639. The highest BCUT2D eigenvalue weighted by atomic mass is 16.5. The van der Waals surface area contributed by atoms with E-state index < -0.39 is 5.97 Å². The van der Waals surface area contributed by atoms with Crippen LogP contribution in [-0.2, 0) is 6.61 Å². The molecule has 0 fully saturated rings. The van der Waals surface area contributed by atoms with Crippen LogP contribution in [0.5, 0.6) is 17.2 Å². The number of benzene rings is 3. The number of aromatic carboxylic acids is 1. The van der Waals surface area contributed by atoms with Crippen molar-refractivity contribution in [3.63, 3.8) is 0 Å². The number of carboxylic acid groups (broad SMARTS) is 1. The van der Waals surface area contributed by atoms with Gasteiger partial charge in [0.1, 0.15) is 22.8 Å². The van der Waals surface area contributed by atoms with Crippen LogP contribution in [0.4, 0.5) is 0 Å². The number of ether oxygens (including phenoxy) is 1. The molecule has 116 valence electrons. The number of rotatable bonds is 4. The van der Waals surface area contributed by atoms with Crippen molar-refractivity contribution in [2.75, 3.05) is 0 Å². The second-order valence-electron chi connectivity index (χ2n) is 5.03. The van der Waals surface area contributed by atoms with Gasteiger partial charge in [-0.1, -0.05) is 36.4 Å². The van der Waals surface area contributed by atoms with Crippen LogP contribution >= 0.6 is 0 Å². The number of aromatic hydroxyl groups is 1. The summed E-state index contributed by atoms with van der Waals surface area (Å²) in [6, 6.07) is 15.0. The van der Waals surface area contributed by atoms with Crippen molar-refractivity contribution in [3.8, 4) is 17.2 Å². The van der Waals surface area contributed by atoms with Crippen LogP contribution in [0.15, 0.2) is 54.6 Å². The molecule has 0 radical (unpaired) electrons. The third kappa shape index (κ3) is 2.82. The Bertz CT molecular complexity index is 868. The molecule has 0 unspecified atom stereocenters. The minimum atomic E-state index is -1.23. The lowest BCUT2D eigenvalue weighted by atomic mass is 10.0. The highest BCUT2D eigenvalue weighted by molar-refractivity contribution is 6.03. The van der Waals surface area contributed by atoms with Crippen LogP contribution in [0.1, 0.15) is 15.9 Å². The van der Waals surface area contributed by atoms with Gasteiger partial charge in [0.25, 0.3) is 0 Å². The van der Waals surface area contributed by atoms with Gasteiger partial charge in [-0.3, -0.25) is 0 Å². The zero-order valence-corrected chi connectivity index (χ0v) is 12.1. The van der Waals surface area contributed by atoms with Crippen molar-refractivity contribution in [3.05, 3.63) is 65.7 Å². The summed E-state index contributed by atoms with van der Waals surface area (Å²) in [5.41, 5.74) is 0.532. The Morgan fingerprint density at radius 1 is 1.00 bits per heavy atom. The third-order valence-corrected chi connectivity index (χ3v) is 3.54. The Labute approximate surface area is 132 Å². The molecule has 0 aromatic heterocycles. The van der Waals surface area contributed by atoms with Gasteiger partial charge in [0.15, 0.2) is 0 Å². The molecule has 23 heavy (non-hydrogen) atoms. The number of hydrogen-bond donors (Lipinski definition) is 3. The predicted octanol–water partition coefficient (Wildman–Crippen LogP) is 3.53. The maximum Gasteiger partial charge on any atom is 0.339 e. The normalized spacial score (nSPS) is 10.7. The van der Waals surface area contributed by atoms with Crippen LogP contribution in [-0.4, -0.2) is 21.3 Å². The molecule has 0 spiro atoms. The SMILES string of the molecule is O=C(O)c1cc(Oc2ccc(CO)cc2)c2ccccc2c1O. The average Bonchev–Trinajstić information content (AvgIpc) is 2.58. The predicted molar refractivity (Wildman–Crippen MR) is 85.0 cm³/mol. The molecule has 3 aromatic carbocycles. The zero-order chi connectivity index (χ0) is 16.4. The number of fused-ring (bicyclic) bond motifs is 1. The Kier molecular flexibility index (Phi) is 3.87. The number of aliphatic hydroxyl groups excluding tert-OH is 1. The van der Waals surface area contributed by atoms with Gasteiger partial charge in [0, 0.05) is 10.8 Å². The van der Waals surface area contributed by atoms with Gasteiger partial charge in [-0.05, 0) is 23.8 Å². The van der Waals surface area contributed by atoms with Crippen molar-refractivity contribution in [1.29, 1.82) is 0 Å². The summed E-state index contributed by atoms with van der Waals surface area (Å²) in [6.07, 6.45) is 0. The van der Waals surface area contributed by atoms with Gasteiger partial charge in [-0.25, -0.2) is 4.79 Å². The van der Waals surface area contributed by atoms with Gasteiger partial charge in [0.2, 0.25) is 0 Å². The molecule has 0 aliphatic heterocycles. The van der Waals surface area contributed by atoms with Gasteiger partial charge in [-0.15, -0.1) is 0 Å². The van der Waals surface area contributed by atoms with E-state index in [1.165, 1.54) is 6.07 Å². The van der Waals surface area contributed by atoms with E-state index >= 15 is 0 Å². The number of hydrogen-bond acceptors (Lipinski definition) is 4. The lowest BCUT2D eigenvalue weighted by Gasteiger charge is -2.12. The molecular formula is C18H14O5. The molecule has 0 amide bonds. The molecule has 0 bridgehead atoms. The number of aliphatic hydroxyl groups is 1. The van der Waals surface area contributed by atoms with E-state index in [4.69, 9.17) is 9.84 Å². The summed E-state index contributed by atoms with van der Waals surface area (Å²) in [5, 5.41) is 29.4. The Morgan fingerprint density at radius 3 is 2.26 bits per heavy atom. The van der Waals surface area contributed by atoms with Crippen molar-refractivity contribution in [1.82, 2.24) is 0 Å². The first-order valence-electron chi connectivity index (χ1n) is 6.96. The van der Waals surface area contributed by atoms with E-state index in [0.717, 1.165) is 5.56 Å². The van der Waals surface area contributed by atoms with Crippen LogP contribution in [0.25, 0.3) is 10.8 Å². The van der Waals surface area contributed by atoms with Gasteiger partial charge >= 0.3 is 5.97 Å². The Morgan fingerprint density at radius 2 is 1.65 bits per heavy atom. The fourth-order valence-corrected chi connectivity index (χ4v) is 2.36. The Balaban J connectivity index is 2.11. The topological polar surface area (TPSA) is 87.0 Å². The minimum Gasteiger partial charge on any atom is -0.506 e. The first-order chi connectivity index (χ1) is 11.1. The molecular weight excluding hydrogens is 296 g/mol. The molecule has 3 rings (SSSR count). The molecule has 0 aliphatic carbocycles. The molecule has 3 aromatic rings. The van der Waals surface area contributed by atoms with Gasteiger partial charge < -0.3 is 20.1 Å². The van der Waals surface area contributed by atoms with E-state index in [0.29, 0.717) is 22.3 Å². The monoisotopic (exact) mass is 310 g/mol. The molecule has 5 nitrogen and oxygen atoms in total. The third-order valence-electron chi connectivity index (χ3n) is 3.54. The van der Waals surface area contributed by atoms with Gasteiger partial charge in [0.05, 0.1) is 6.61 Å². The summed E-state index contributed by atoms with van der Waals surface area (Å²) in [7, 11) is 0. The van der Waals surface area contributed by atoms with Gasteiger partial charge in [-0.2, -0.15) is 0 Å². The standard InChI is InChI=1S/C18H14O5/c19-10-11-5-7-12(8-6-11)23-16-9-15(18(21)22)17(20)14-4-2-1-3-13(14)16/h1-9,19-20H,10H2,(H,21,22). The first kappa shape index (κ1) is 14.9. The second-order valence-corrected chi connectivity index (χ2v) is 5.03. The second kappa shape index (κ2) is 5.98. The number of carbonyl (C=O) groups is 1. The lowest BCUT2D eigenvalue weighted by Crippen LogP contribution is -1.99.